The van der Waals surface area contributed by atoms with Gasteiger partial charge in [-0.15, -0.1) is 0 Å². The van der Waals surface area contributed by atoms with Crippen molar-refractivity contribution in [2.45, 2.75) is 27.2 Å². The third-order valence-electron chi connectivity index (χ3n) is 3.57. The minimum atomic E-state index is -0.400. The predicted molar refractivity (Wildman–Crippen MR) is 106 cm³/mol. The summed E-state index contributed by atoms with van der Waals surface area (Å²) in [5.74, 6) is -0.798. The molecule has 0 aromatic heterocycles. The zero-order chi connectivity index (χ0) is 19.8. The van der Waals surface area contributed by atoms with Gasteiger partial charge in [0.15, 0.2) is 0 Å². The van der Waals surface area contributed by atoms with E-state index < -0.39 is 5.91 Å². The minimum absolute atomic E-state index is 0.0651. The van der Waals surface area contributed by atoms with Crippen LogP contribution in [0.25, 0.3) is 0 Å². The van der Waals surface area contributed by atoms with Crippen LogP contribution in [0.15, 0.2) is 53.6 Å². The van der Waals surface area contributed by atoms with E-state index in [-0.39, 0.29) is 18.2 Å². The van der Waals surface area contributed by atoms with Crippen LogP contribution in [0.1, 0.15) is 36.2 Å². The summed E-state index contributed by atoms with van der Waals surface area (Å²) in [5.41, 5.74) is 5.71. The first-order valence-electron chi connectivity index (χ1n) is 8.41. The lowest BCUT2D eigenvalue weighted by Crippen LogP contribution is -2.21. The molecule has 0 heterocycles. The normalized spacial score (nSPS) is 10.9. The number of hydrazone groups is 1. The van der Waals surface area contributed by atoms with Gasteiger partial charge >= 0.3 is 0 Å². The summed E-state index contributed by atoms with van der Waals surface area (Å²) in [7, 11) is 0. The van der Waals surface area contributed by atoms with Gasteiger partial charge in [-0.25, -0.2) is 5.43 Å². The summed E-state index contributed by atoms with van der Waals surface area (Å²) < 4.78 is 0. The van der Waals surface area contributed by atoms with E-state index >= 15 is 0 Å². The Morgan fingerprint density at radius 2 is 1.41 bits per heavy atom. The Morgan fingerprint density at radius 1 is 0.852 bits per heavy atom. The SMILES string of the molecule is CC(=O)Nc1ccc(C(=O)N/N=C(\C)CC(=O)Nc2ccc(C)cc2)cc1. The molecule has 2 rings (SSSR count). The molecule has 0 unspecified atom stereocenters. The summed E-state index contributed by atoms with van der Waals surface area (Å²) in [4.78, 5) is 35.1. The smallest absolute Gasteiger partial charge is 0.271 e. The average Bonchev–Trinajstić information content (AvgIpc) is 2.61. The van der Waals surface area contributed by atoms with Crippen molar-refractivity contribution in [1.29, 1.82) is 0 Å². The van der Waals surface area contributed by atoms with E-state index in [0.29, 0.717) is 22.6 Å². The maximum absolute atomic E-state index is 12.1. The van der Waals surface area contributed by atoms with Crippen molar-refractivity contribution in [1.82, 2.24) is 5.43 Å². The molecule has 0 saturated heterocycles. The Balaban J connectivity index is 1.86. The quantitative estimate of drug-likeness (QED) is 0.541. The van der Waals surface area contributed by atoms with Gasteiger partial charge in [0.1, 0.15) is 0 Å². The Kier molecular flexibility index (Phi) is 6.82. The second-order valence-corrected chi connectivity index (χ2v) is 6.14. The molecule has 2 aromatic carbocycles. The highest BCUT2D eigenvalue weighted by Crippen LogP contribution is 2.10. The highest BCUT2D eigenvalue weighted by molar-refractivity contribution is 6.06. The second kappa shape index (κ2) is 9.28. The third kappa shape index (κ3) is 6.74. The molecule has 7 heteroatoms. The molecule has 27 heavy (non-hydrogen) atoms. The van der Waals surface area contributed by atoms with Crippen LogP contribution in [0.2, 0.25) is 0 Å². The highest BCUT2D eigenvalue weighted by Gasteiger charge is 2.07. The van der Waals surface area contributed by atoms with Crippen molar-refractivity contribution in [3.8, 4) is 0 Å². The van der Waals surface area contributed by atoms with Crippen LogP contribution in [0.3, 0.4) is 0 Å². The number of carbonyl (C=O) groups excluding carboxylic acids is 3. The molecule has 140 valence electrons. The van der Waals surface area contributed by atoms with E-state index in [1.165, 1.54) is 6.92 Å². The van der Waals surface area contributed by atoms with Gasteiger partial charge in [-0.2, -0.15) is 5.10 Å². The van der Waals surface area contributed by atoms with E-state index in [0.717, 1.165) is 5.56 Å². The number of amides is 3. The molecule has 0 saturated carbocycles. The molecule has 0 aliphatic heterocycles. The standard InChI is InChI=1S/C20H22N4O3/c1-13-4-8-18(9-5-13)22-19(26)12-14(2)23-24-20(27)16-6-10-17(11-7-16)21-15(3)25/h4-11H,12H2,1-3H3,(H,21,25)(H,22,26)(H,24,27)/b23-14+. The van der Waals surface area contributed by atoms with Crippen LogP contribution in [0, 0.1) is 6.92 Å². The van der Waals surface area contributed by atoms with Gasteiger partial charge in [-0.3, -0.25) is 14.4 Å². The molecule has 0 bridgehead atoms. The first-order chi connectivity index (χ1) is 12.8. The lowest BCUT2D eigenvalue weighted by molar-refractivity contribution is -0.115. The zero-order valence-corrected chi connectivity index (χ0v) is 15.5. The monoisotopic (exact) mass is 366 g/mol. The van der Waals surface area contributed by atoms with Gasteiger partial charge in [-0.05, 0) is 50.2 Å². The van der Waals surface area contributed by atoms with Gasteiger partial charge in [0.25, 0.3) is 5.91 Å². The summed E-state index contributed by atoms with van der Waals surface area (Å²) in [6.45, 7) is 5.04. The fourth-order valence-electron chi connectivity index (χ4n) is 2.23. The van der Waals surface area contributed by atoms with Gasteiger partial charge in [0, 0.05) is 29.6 Å². The van der Waals surface area contributed by atoms with E-state index in [4.69, 9.17) is 0 Å². The maximum atomic E-state index is 12.1. The second-order valence-electron chi connectivity index (χ2n) is 6.14. The van der Waals surface area contributed by atoms with Crippen LogP contribution < -0.4 is 16.1 Å². The van der Waals surface area contributed by atoms with Crippen molar-refractivity contribution in [3.05, 3.63) is 59.7 Å². The number of benzene rings is 2. The molecular weight excluding hydrogens is 344 g/mol. The van der Waals surface area contributed by atoms with Crippen molar-refractivity contribution < 1.29 is 14.4 Å². The van der Waals surface area contributed by atoms with E-state index in [2.05, 4.69) is 21.2 Å². The van der Waals surface area contributed by atoms with Crippen molar-refractivity contribution >= 4 is 34.8 Å². The number of nitrogens with one attached hydrogen (secondary N) is 3. The first kappa shape index (κ1) is 19.8. The molecule has 3 amide bonds. The average molecular weight is 366 g/mol. The molecule has 0 radical (unpaired) electrons. The van der Waals surface area contributed by atoms with Crippen molar-refractivity contribution in [3.63, 3.8) is 0 Å². The topological polar surface area (TPSA) is 99.7 Å². The van der Waals surface area contributed by atoms with Crippen LogP contribution in [0.5, 0.6) is 0 Å². The number of hydrogen-bond acceptors (Lipinski definition) is 4. The minimum Gasteiger partial charge on any atom is -0.326 e. The summed E-state index contributed by atoms with van der Waals surface area (Å²) in [6.07, 6.45) is 0.0651. The van der Waals surface area contributed by atoms with Crippen LogP contribution in [-0.4, -0.2) is 23.4 Å². The molecule has 0 atom stereocenters. The van der Waals surface area contributed by atoms with E-state index in [1.807, 2.05) is 31.2 Å². The zero-order valence-electron chi connectivity index (χ0n) is 15.5. The molecule has 7 nitrogen and oxygen atoms in total. The lowest BCUT2D eigenvalue weighted by Gasteiger charge is -2.06. The summed E-state index contributed by atoms with van der Waals surface area (Å²) in [6, 6.07) is 13.9. The largest absolute Gasteiger partial charge is 0.326 e. The fraction of sp³-hybridized carbons (Fsp3) is 0.200. The van der Waals surface area contributed by atoms with Gasteiger partial charge in [0.05, 0.1) is 6.42 Å². The number of carbonyl (C=O) groups is 3. The predicted octanol–water partition coefficient (Wildman–Crippen LogP) is 3.09. The maximum Gasteiger partial charge on any atom is 0.271 e. The molecular formula is C20H22N4O3. The number of nitrogens with zero attached hydrogens (tertiary/aromatic N) is 1. The Morgan fingerprint density at radius 3 is 2.00 bits per heavy atom. The molecule has 0 aliphatic rings. The lowest BCUT2D eigenvalue weighted by atomic mass is 10.2. The molecule has 0 aliphatic carbocycles. The molecule has 2 aromatic rings. The summed E-state index contributed by atoms with van der Waals surface area (Å²) >= 11 is 0. The van der Waals surface area contributed by atoms with Gasteiger partial charge in [0.2, 0.25) is 11.8 Å². The number of hydrogen-bond donors (Lipinski definition) is 3. The van der Waals surface area contributed by atoms with Gasteiger partial charge in [-0.1, -0.05) is 17.7 Å². The third-order valence-corrected chi connectivity index (χ3v) is 3.57. The van der Waals surface area contributed by atoms with Gasteiger partial charge < -0.3 is 10.6 Å². The Hall–Kier alpha value is -3.48. The highest BCUT2D eigenvalue weighted by atomic mass is 16.2. The molecule has 0 spiro atoms. The fourth-order valence-corrected chi connectivity index (χ4v) is 2.23. The number of aryl methyl sites for hydroxylation is 1. The molecule has 3 N–H and O–H groups in total. The van der Waals surface area contributed by atoms with E-state index in [9.17, 15) is 14.4 Å². The van der Waals surface area contributed by atoms with Crippen LogP contribution >= 0.6 is 0 Å². The molecule has 0 fully saturated rings. The van der Waals surface area contributed by atoms with E-state index in [1.54, 1.807) is 31.2 Å². The van der Waals surface area contributed by atoms with Crippen molar-refractivity contribution in [2.24, 2.45) is 5.10 Å². The Labute approximate surface area is 157 Å². The van der Waals surface area contributed by atoms with Crippen LogP contribution in [-0.2, 0) is 9.59 Å². The number of rotatable bonds is 6. The summed E-state index contributed by atoms with van der Waals surface area (Å²) in [5, 5.41) is 9.35. The van der Waals surface area contributed by atoms with Crippen LogP contribution in [0.4, 0.5) is 11.4 Å². The number of anilines is 2. The first-order valence-corrected chi connectivity index (χ1v) is 8.41. The van der Waals surface area contributed by atoms with Crippen molar-refractivity contribution in [2.75, 3.05) is 10.6 Å². The Bertz CT molecular complexity index is 856.